The maximum Gasteiger partial charge on any atom is 0.338 e. The summed E-state index contributed by atoms with van der Waals surface area (Å²) in [6.45, 7) is 0.751. The van der Waals surface area contributed by atoms with Crippen molar-refractivity contribution in [1.29, 1.82) is 5.26 Å². The molecule has 0 amide bonds. The van der Waals surface area contributed by atoms with E-state index in [0.29, 0.717) is 29.2 Å². The number of hydrogen-bond donors (Lipinski definition) is 1. The van der Waals surface area contributed by atoms with E-state index in [1.165, 1.54) is 12.8 Å². The van der Waals surface area contributed by atoms with E-state index in [1.807, 2.05) is 54.3 Å². The zero-order valence-corrected chi connectivity index (χ0v) is 21.0. The van der Waals surface area contributed by atoms with Crippen molar-refractivity contribution in [2.75, 3.05) is 0 Å². The summed E-state index contributed by atoms with van der Waals surface area (Å²) in [7, 11) is 1.88. The van der Waals surface area contributed by atoms with Crippen molar-refractivity contribution in [2.45, 2.75) is 44.2 Å². The smallest absolute Gasteiger partial charge is 0.317 e. The van der Waals surface area contributed by atoms with E-state index in [4.69, 9.17) is 4.98 Å². The Labute approximate surface area is 219 Å². The standard InChI is InChI=1S/C29H26N8O/c1-35-17-32-34-28(35)25-10-18(13-30)3-9-24(25)21-11-26(20-4-5-20)33-27(12-21)37-16-23-8-2-19(14-31-22-6-7-22)15-36(23)29(37)38/h2-3,8-12,15-17,20,22,31H,4-7,14H2,1H3. The summed E-state index contributed by atoms with van der Waals surface area (Å²) < 4.78 is 5.17. The van der Waals surface area contributed by atoms with E-state index < -0.39 is 0 Å². The lowest BCUT2D eigenvalue weighted by molar-refractivity contribution is 0.684. The lowest BCUT2D eigenvalue weighted by atomic mass is 9.96. The molecule has 7 rings (SSSR count). The Bertz CT molecular complexity index is 1800. The fraction of sp³-hybridized carbons (Fsp3) is 0.276. The number of rotatable bonds is 7. The van der Waals surface area contributed by atoms with Crippen LogP contribution in [0.1, 0.15) is 48.4 Å². The second-order valence-corrected chi connectivity index (χ2v) is 10.3. The Kier molecular flexibility index (Phi) is 5.23. The van der Waals surface area contributed by atoms with Crippen LogP contribution >= 0.6 is 0 Å². The molecule has 0 atom stereocenters. The number of hydrogen-bond acceptors (Lipinski definition) is 6. The van der Waals surface area contributed by atoms with Gasteiger partial charge >= 0.3 is 5.69 Å². The van der Waals surface area contributed by atoms with Gasteiger partial charge in [-0.25, -0.2) is 9.78 Å². The van der Waals surface area contributed by atoms with E-state index in [0.717, 1.165) is 52.9 Å². The number of imidazole rings is 1. The van der Waals surface area contributed by atoms with Crippen molar-refractivity contribution in [2.24, 2.45) is 7.05 Å². The van der Waals surface area contributed by atoms with Crippen molar-refractivity contribution < 1.29 is 0 Å². The molecule has 0 bridgehead atoms. The van der Waals surface area contributed by atoms with Crippen molar-refractivity contribution in [3.8, 4) is 34.4 Å². The second kappa shape index (κ2) is 8.78. The average Bonchev–Trinajstić information content (AvgIpc) is 3.88. The molecule has 2 aliphatic rings. The van der Waals surface area contributed by atoms with Crippen LogP contribution in [0, 0.1) is 11.3 Å². The minimum Gasteiger partial charge on any atom is -0.317 e. The summed E-state index contributed by atoms with van der Waals surface area (Å²) >= 11 is 0. The van der Waals surface area contributed by atoms with Gasteiger partial charge in [0, 0.05) is 49.2 Å². The van der Waals surface area contributed by atoms with Gasteiger partial charge in [-0.1, -0.05) is 12.1 Å². The first-order valence-corrected chi connectivity index (χ1v) is 12.9. The summed E-state index contributed by atoms with van der Waals surface area (Å²) in [6.07, 6.45) is 10.0. The molecule has 5 aromatic rings. The maximum atomic E-state index is 13.6. The monoisotopic (exact) mass is 502 g/mol. The normalized spacial score (nSPS) is 15.2. The number of pyridine rings is 2. The van der Waals surface area contributed by atoms with Crippen LogP contribution in [-0.2, 0) is 13.6 Å². The predicted molar refractivity (Wildman–Crippen MR) is 143 cm³/mol. The Morgan fingerprint density at radius 1 is 1.05 bits per heavy atom. The third kappa shape index (κ3) is 4.09. The first kappa shape index (κ1) is 22.6. The van der Waals surface area contributed by atoms with Gasteiger partial charge in [-0.2, -0.15) is 5.26 Å². The van der Waals surface area contributed by atoms with Crippen molar-refractivity contribution in [3.05, 3.63) is 88.5 Å². The van der Waals surface area contributed by atoms with Gasteiger partial charge in [-0.05, 0) is 72.7 Å². The number of aryl methyl sites for hydroxylation is 1. The number of aromatic nitrogens is 6. The zero-order valence-electron chi connectivity index (χ0n) is 21.0. The molecule has 4 aromatic heterocycles. The first-order chi connectivity index (χ1) is 18.6. The Balaban J connectivity index is 1.36. The molecule has 9 nitrogen and oxygen atoms in total. The molecule has 2 fully saturated rings. The van der Waals surface area contributed by atoms with Crippen LogP contribution in [0.15, 0.2) is 66.0 Å². The summed E-state index contributed by atoms with van der Waals surface area (Å²) in [5, 5.41) is 21.4. The van der Waals surface area contributed by atoms with Crippen LogP contribution in [-0.4, -0.2) is 34.8 Å². The second-order valence-electron chi connectivity index (χ2n) is 10.3. The van der Waals surface area contributed by atoms with Crippen LogP contribution in [0.5, 0.6) is 0 Å². The molecule has 0 radical (unpaired) electrons. The van der Waals surface area contributed by atoms with Crippen molar-refractivity contribution in [1.82, 2.24) is 34.0 Å². The predicted octanol–water partition coefficient (Wildman–Crippen LogP) is 3.95. The number of nitriles is 1. The first-order valence-electron chi connectivity index (χ1n) is 12.9. The quantitative estimate of drug-likeness (QED) is 0.361. The molecular formula is C29H26N8O. The molecule has 0 unspecified atom stereocenters. The molecule has 38 heavy (non-hydrogen) atoms. The summed E-state index contributed by atoms with van der Waals surface area (Å²) in [5.74, 6) is 1.64. The number of fused-ring (bicyclic) bond motifs is 1. The highest BCUT2D eigenvalue weighted by molar-refractivity contribution is 5.82. The largest absolute Gasteiger partial charge is 0.338 e. The fourth-order valence-corrected chi connectivity index (χ4v) is 4.93. The zero-order chi connectivity index (χ0) is 25.8. The van der Waals surface area contributed by atoms with E-state index in [1.54, 1.807) is 15.3 Å². The summed E-state index contributed by atoms with van der Waals surface area (Å²) in [6, 6.07) is 16.5. The summed E-state index contributed by atoms with van der Waals surface area (Å²) in [4.78, 5) is 18.5. The lowest BCUT2D eigenvalue weighted by Gasteiger charge is -2.13. The summed E-state index contributed by atoms with van der Waals surface area (Å²) in [5.41, 5.74) is 5.93. The van der Waals surface area contributed by atoms with E-state index in [-0.39, 0.29) is 5.69 Å². The average molecular weight is 503 g/mol. The van der Waals surface area contributed by atoms with Crippen LogP contribution in [0.2, 0.25) is 0 Å². The molecule has 0 aliphatic heterocycles. The molecule has 2 aliphatic carbocycles. The third-order valence-electron chi connectivity index (χ3n) is 7.37. The van der Waals surface area contributed by atoms with Gasteiger partial charge in [0.25, 0.3) is 0 Å². The molecule has 1 N–H and O–H groups in total. The highest BCUT2D eigenvalue weighted by Crippen LogP contribution is 2.41. The number of nitrogens with zero attached hydrogens (tertiary/aromatic N) is 7. The van der Waals surface area contributed by atoms with Crippen LogP contribution in [0.25, 0.3) is 33.8 Å². The molecular weight excluding hydrogens is 476 g/mol. The van der Waals surface area contributed by atoms with Gasteiger partial charge < -0.3 is 9.88 Å². The van der Waals surface area contributed by atoms with E-state index >= 15 is 0 Å². The SMILES string of the molecule is Cn1cnnc1-c1cc(C#N)ccc1-c1cc(C2CC2)nc(-n2cc3ccc(CNC4CC4)cn3c2=O)c1. The topological polar surface area (TPSA) is 106 Å². The minimum atomic E-state index is -0.145. The minimum absolute atomic E-state index is 0.145. The molecule has 1 aromatic carbocycles. The molecule has 2 saturated carbocycles. The van der Waals surface area contributed by atoms with Gasteiger partial charge in [-0.3, -0.25) is 8.97 Å². The van der Waals surface area contributed by atoms with Crippen molar-refractivity contribution >= 4 is 5.52 Å². The van der Waals surface area contributed by atoms with Crippen LogP contribution in [0.4, 0.5) is 0 Å². The fourth-order valence-electron chi connectivity index (χ4n) is 4.93. The van der Waals surface area contributed by atoms with Crippen LogP contribution in [0.3, 0.4) is 0 Å². The highest BCUT2D eigenvalue weighted by Gasteiger charge is 2.27. The molecule has 0 spiro atoms. The Hall–Kier alpha value is -4.55. The number of nitrogens with one attached hydrogen (secondary N) is 1. The molecule has 0 saturated heterocycles. The van der Waals surface area contributed by atoms with E-state index in [9.17, 15) is 10.1 Å². The van der Waals surface area contributed by atoms with Gasteiger partial charge in [0.05, 0.1) is 17.1 Å². The van der Waals surface area contributed by atoms with E-state index in [2.05, 4.69) is 33.7 Å². The van der Waals surface area contributed by atoms with Gasteiger partial charge in [0.1, 0.15) is 12.1 Å². The van der Waals surface area contributed by atoms with Gasteiger partial charge in [0.2, 0.25) is 0 Å². The lowest BCUT2D eigenvalue weighted by Crippen LogP contribution is -2.21. The molecule has 4 heterocycles. The molecule has 9 heteroatoms. The van der Waals surface area contributed by atoms with Crippen molar-refractivity contribution in [3.63, 3.8) is 0 Å². The Morgan fingerprint density at radius 2 is 1.92 bits per heavy atom. The van der Waals surface area contributed by atoms with Gasteiger partial charge in [0.15, 0.2) is 5.82 Å². The molecule has 188 valence electrons. The highest BCUT2D eigenvalue weighted by atomic mass is 16.1. The van der Waals surface area contributed by atoms with Crippen LogP contribution < -0.4 is 11.0 Å². The Morgan fingerprint density at radius 3 is 2.66 bits per heavy atom. The third-order valence-corrected chi connectivity index (χ3v) is 7.37. The van der Waals surface area contributed by atoms with Gasteiger partial charge in [-0.15, -0.1) is 10.2 Å². The maximum absolute atomic E-state index is 13.6. The number of benzene rings is 1.